The lowest BCUT2D eigenvalue weighted by Gasteiger charge is -2.12. The van der Waals surface area contributed by atoms with Crippen molar-refractivity contribution < 1.29 is 18.3 Å². The van der Waals surface area contributed by atoms with E-state index in [0.29, 0.717) is 39.3 Å². The van der Waals surface area contributed by atoms with Crippen LogP contribution >= 0.6 is 11.3 Å². The van der Waals surface area contributed by atoms with Gasteiger partial charge >= 0.3 is 0 Å². The first-order chi connectivity index (χ1) is 14.0. The van der Waals surface area contributed by atoms with Crippen LogP contribution in [0.25, 0.3) is 5.00 Å². The lowest BCUT2D eigenvalue weighted by molar-refractivity contribution is 0.0900. The Hall–Kier alpha value is -2.78. The van der Waals surface area contributed by atoms with Crippen LogP contribution in [-0.2, 0) is 11.3 Å². The van der Waals surface area contributed by atoms with Crippen LogP contribution in [0.3, 0.4) is 0 Å². The van der Waals surface area contributed by atoms with Gasteiger partial charge in [-0.2, -0.15) is 0 Å². The molecule has 148 valence electrons. The summed E-state index contributed by atoms with van der Waals surface area (Å²) < 4.78 is 37.0. The van der Waals surface area contributed by atoms with Gasteiger partial charge in [-0.15, -0.1) is 21.5 Å². The molecule has 0 radical (unpaired) electrons. The number of carbonyl (C=O) groups excluding carboxylic acids is 1. The van der Waals surface area contributed by atoms with Gasteiger partial charge in [-0.25, -0.2) is 8.78 Å². The summed E-state index contributed by atoms with van der Waals surface area (Å²) in [4.78, 5) is 17.9. The van der Waals surface area contributed by atoms with E-state index < -0.39 is 17.7 Å². The molecule has 2 aliphatic rings. The Morgan fingerprint density at radius 1 is 1.21 bits per heavy atom. The van der Waals surface area contributed by atoms with Gasteiger partial charge < -0.3 is 4.74 Å². The van der Waals surface area contributed by atoms with E-state index in [2.05, 4.69) is 15.2 Å². The van der Waals surface area contributed by atoms with E-state index in [0.717, 1.165) is 0 Å². The summed E-state index contributed by atoms with van der Waals surface area (Å²) >= 11 is 1.27. The van der Waals surface area contributed by atoms with Crippen LogP contribution in [-0.4, -0.2) is 32.9 Å². The van der Waals surface area contributed by atoms with Crippen molar-refractivity contribution in [3.05, 3.63) is 63.0 Å². The third-order valence-electron chi connectivity index (χ3n) is 5.15. The summed E-state index contributed by atoms with van der Waals surface area (Å²) in [6.45, 7) is 4.08. The van der Waals surface area contributed by atoms with Crippen LogP contribution in [0.2, 0.25) is 0 Å². The number of rotatable bonds is 1. The second kappa shape index (κ2) is 6.64. The topological polar surface area (TPSA) is 69.4 Å². The molecular formula is C20H16F2N4O2S. The zero-order valence-electron chi connectivity index (χ0n) is 15.7. The quantitative estimate of drug-likeness (QED) is 0.605. The molecule has 0 spiro atoms. The second-order valence-electron chi connectivity index (χ2n) is 7.01. The van der Waals surface area contributed by atoms with Crippen LogP contribution < -0.4 is 0 Å². The summed E-state index contributed by atoms with van der Waals surface area (Å²) in [5.41, 5.74) is 1.08. The monoisotopic (exact) mass is 414 g/mol. The molecule has 0 unspecified atom stereocenters. The Morgan fingerprint density at radius 2 is 1.97 bits per heavy atom. The summed E-state index contributed by atoms with van der Waals surface area (Å²) in [5, 5.41) is 9.01. The number of nitrogens with zero attached hydrogens (tertiary/aromatic N) is 4. The summed E-state index contributed by atoms with van der Waals surface area (Å²) in [7, 11) is 0. The fourth-order valence-electron chi connectivity index (χ4n) is 3.80. The van der Waals surface area contributed by atoms with Gasteiger partial charge in [0.15, 0.2) is 11.6 Å². The Balaban J connectivity index is 1.89. The maximum atomic E-state index is 14.8. The van der Waals surface area contributed by atoms with E-state index in [-0.39, 0.29) is 30.1 Å². The molecule has 0 N–H and O–H groups in total. The van der Waals surface area contributed by atoms with E-state index in [9.17, 15) is 13.6 Å². The van der Waals surface area contributed by atoms with E-state index in [1.165, 1.54) is 29.5 Å². The second-order valence-corrected chi connectivity index (χ2v) is 8.01. The number of aliphatic imine (C=N–C) groups is 1. The third kappa shape index (κ3) is 2.68. The van der Waals surface area contributed by atoms with Crippen LogP contribution in [0.5, 0.6) is 0 Å². The maximum absolute atomic E-state index is 14.8. The molecule has 5 rings (SSSR count). The lowest BCUT2D eigenvalue weighted by atomic mass is 9.97. The predicted molar refractivity (Wildman–Crippen MR) is 103 cm³/mol. The minimum Gasteiger partial charge on any atom is -0.376 e. The molecule has 1 atom stereocenters. The van der Waals surface area contributed by atoms with Crippen molar-refractivity contribution in [3.8, 4) is 5.00 Å². The molecule has 4 heterocycles. The zero-order chi connectivity index (χ0) is 20.3. The highest BCUT2D eigenvalue weighted by Gasteiger charge is 2.35. The van der Waals surface area contributed by atoms with Gasteiger partial charge in [0, 0.05) is 17.5 Å². The number of hydrogen-bond acceptors (Lipinski definition) is 6. The van der Waals surface area contributed by atoms with Gasteiger partial charge in [-0.1, -0.05) is 6.07 Å². The number of aryl methyl sites for hydroxylation is 1. The molecule has 0 saturated carbocycles. The van der Waals surface area contributed by atoms with Gasteiger partial charge in [-0.3, -0.25) is 14.4 Å². The normalized spacial score (nSPS) is 18.4. The van der Waals surface area contributed by atoms with E-state index in [1.54, 1.807) is 13.8 Å². The number of halogens is 2. The average molecular weight is 414 g/mol. The van der Waals surface area contributed by atoms with Gasteiger partial charge in [0.25, 0.3) is 0 Å². The number of fused-ring (bicyclic) bond motifs is 5. The van der Waals surface area contributed by atoms with Crippen molar-refractivity contribution >= 4 is 22.8 Å². The number of ketones is 1. The average Bonchev–Trinajstić information content (AvgIpc) is 3.15. The molecule has 3 aromatic rings. The highest BCUT2D eigenvalue weighted by atomic mass is 32.1. The molecule has 29 heavy (non-hydrogen) atoms. The molecule has 2 aromatic heterocycles. The van der Waals surface area contributed by atoms with Gasteiger partial charge in [0.1, 0.15) is 28.5 Å². The van der Waals surface area contributed by atoms with Crippen molar-refractivity contribution in [1.82, 2.24) is 14.8 Å². The van der Waals surface area contributed by atoms with Gasteiger partial charge in [0.2, 0.25) is 0 Å². The first-order valence-corrected chi connectivity index (χ1v) is 10.0. The summed E-state index contributed by atoms with van der Waals surface area (Å²) in [6.07, 6.45) is 0.261. The Labute approximate surface area is 168 Å². The number of carbonyl (C=O) groups is 1. The first-order valence-electron chi connectivity index (χ1n) is 9.18. The van der Waals surface area contributed by atoms with Gasteiger partial charge in [0.05, 0.1) is 29.4 Å². The molecule has 1 aromatic carbocycles. The zero-order valence-corrected chi connectivity index (χ0v) is 16.5. The number of ether oxygens (including phenoxy) is 1. The van der Waals surface area contributed by atoms with E-state index >= 15 is 0 Å². The molecule has 0 bridgehead atoms. The fraction of sp³-hybridized carbons (Fsp3) is 0.300. The largest absolute Gasteiger partial charge is 0.376 e. The van der Waals surface area contributed by atoms with Crippen molar-refractivity contribution in [2.75, 3.05) is 6.61 Å². The Kier molecular flexibility index (Phi) is 4.18. The number of thiophene rings is 1. The molecule has 0 amide bonds. The minimum atomic E-state index is -0.711. The van der Waals surface area contributed by atoms with Crippen molar-refractivity contribution in [1.29, 1.82) is 0 Å². The Bertz CT molecular complexity index is 1180. The summed E-state index contributed by atoms with van der Waals surface area (Å²) in [5.74, 6) is -0.304. The molecular weight excluding hydrogens is 398 g/mol. The smallest absolute Gasteiger partial charge is 0.175 e. The molecule has 6 nitrogen and oxygen atoms in total. The first kappa shape index (κ1) is 18.3. The SMILES string of the molecule is Cc1nnc2n1-c1sc3c(c1C(c1c(F)cccc1F)=N[C@H]2C)COCCC3=O. The summed E-state index contributed by atoms with van der Waals surface area (Å²) in [6, 6.07) is 3.24. The lowest BCUT2D eigenvalue weighted by Crippen LogP contribution is -2.13. The van der Waals surface area contributed by atoms with Crippen LogP contribution in [0.1, 0.15) is 57.4 Å². The predicted octanol–water partition coefficient (Wildman–Crippen LogP) is 3.93. The molecule has 0 aliphatic carbocycles. The Morgan fingerprint density at radius 3 is 2.72 bits per heavy atom. The molecule has 0 fully saturated rings. The molecule has 2 aliphatic heterocycles. The number of hydrogen-bond donors (Lipinski definition) is 0. The van der Waals surface area contributed by atoms with Crippen LogP contribution in [0.4, 0.5) is 8.78 Å². The standard InChI is InChI=1S/C20H16F2N4O2S/c1-9-19-25-24-10(2)26(19)20-15(11-8-28-7-6-14(27)18(11)29-20)17(23-9)16-12(21)4-3-5-13(16)22/h3-5,9H,6-8H2,1-2H3/t9-/m0/s1. The molecule has 9 heteroatoms. The highest BCUT2D eigenvalue weighted by molar-refractivity contribution is 7.17. The van der Waals surface area contributed by atoms with Crippen LogP contribution in [0.15, 0.2) is 23.2 Å². The van der Waals surface area contributed by atoms with Gasteiger partial charge in [-0.05, 0) is 26.0 Å². The number of benzene rings is 1. The minimum absolute atomic E-state index is 0.0516. The fourth-order valence-corrected chi connectivity index (χ4v) is 5.13. The maximum Gasteiger partial charge on any atom is 0.175 e. The third-order valence-corrected chi connectivity index (χ3v) is 6.41. The van der Waals surface area contributed by atoms with Crippen LogP contribution in [0, 0.1) is 18.6 Å². The van der Waals surface area contributed by atoms with E-state index in [4.69, 9.17) is 4.74 Å². The number of aromatic nitrogens is 3. The van der Waals surface area contributed by atoms with E-state index in [1.807, 2.05) is 4.57 Å². The van der Waals surface area contributed by atoms with Crippen molar-refractivity contribution in [2.45, 2.75) is 32.9 Å². The van der Waals surface area contributed by atoms with Crippen molar-refractivity contribution in [2.24, 2.45) is 4.99 Å². The highest BCUT2D eigenvalue weighted by Crippen LogP contribution is 2.41. The van der Waals surface area contributed by atoms with Crippen molar-refractivity contribution in [3.63, 3.8) is 0 Å². The number of Topliss-reactive ketones (excluding diaryl/α,β-unsaturated/α-hetero) is 1. The molecule has 0 saturated heterocycles.